The van der Waals surface area contributed by atoms with Gasteiger partial charge < -0.3 is 15.4 Å². The molecule has 100 valence electrons. The zero-order valence-corrected chi connectivity index (χ0v) is 11.3. The molecule has 3 heteroatoms. The summed E-state index contributed by atoms with van der Waals surface area (Å²) < 4.78 is 5.65. The van der Waals surface area contributed by atoms with E-state index in [1.54, 1.807) is 0 Å². The molecule has 2 rings (SSSR count). The van der Waals surface area contributed by atoms with Crippen molar-refractivity contribution >= 4 is 0 Å². The number of hydrogen-bond donors (Lipinski definition) is 1. The summed E-state index contributed by atoms with van der Waals surface area (Å²) in [6.45, 7) is 3.63. The Labute approximate surface area is 110 Å². The van der Waals surface area contributed by atoms with Crippen LogP contribution in [0.4, 0.5) is 0 Å². The molecule has 3 nitrogen and oxygen atoms in total. The Morgan fingerprint density at radius 3 is 2.78 bits per heavy atom. The lowest BCUT2D eigenvalue weighted by Gasteiger charge is -2.20. The number of nitrogens with two attached hydrogens (primary N) is 1. The van der Waals surface area contributed by atoms with Crippen molar-refractivity contribution in [3.8, 4) is 0 Å². The topological polar surface area (TPSA) is 38.5 Å². The van der Waals surface area contributed by atoms with Gasteiger partial charge in [0.25, 0.3) is 0 Å². The van der Waals surface area contributed by atoms with Crippen LogP contribution in [-0.4, -0.2) is 31.2 Å². The molecule has 1 unspecified atom stereocenters. The van der Waals surface area contributed by atoms with Gasteiger partial charge in [0, 0.05) is 26.2 Å². The first-order chi connectivity index (χ1) is 8.79. The molecular formula is C15H24N2O. The quantitative estimate of drug-likeness (QED) is 0.838. The van der Waals surface area contributed by atoms with Gasteiger partial charge in [-0.25, -0.2) is 0 Å². The van der Waals surface area contributed by atoms with Crippen molar-refractivity contribution in [2.24, 2.45) is 5.73 Å². The van der Waals surface area contributed by atoms with Crippen LogP contribution in [-0.2, 0) is 17.8 Å². The van der Waals surface area contributed by atoms with Gasteiger partial charge >= 0.3 is 0 Å². The van der Waals surface area contributed by atoms with Gasteiger partial charge in [-0.15, -0.1) is 0 Å². The van der Waals surface area contributed by atoms with Gasteiger partial charge in [-0.05, 0) is 37.4 Å². The summed E-state index contributed by atoms with van der Waals surface area (Å²) in [5, 5.41) is 0. The van der Waals surface area contributed by atoms with Gasteiger partial charge in [0.1, 0.15) is 0 Å². The highest BCUT2D eigenvalue weighted by Crippen LogP contribution is 2.16. The Morgan fingerprint density at radius 1 is 1.33 bits per heavy atom. The fourth-order valence-electron chi connectivity index (χ4n) is 2.52. The zero-order chi connectivity index (χ0) is 12.8. The fourth-order valence-corrected chi connectivity index (χ4v) is 2.52. The van der Waals surface area contributed by atoms with Crippen molar-refractivity contribution in [1.29, 1.82) is 0 Å². The lowest BCUT2D eigenvalue weighted by atomic mass is 10.1. The van der Waals surface area contributed by atoms with E-state index in [0.29, 0.717) is 12.6 Å². The molecule has 1 heterocycles. The Bertz CT molecular complexity index is 361. The summed E-state index contributed by atoms with van der Waals surface area (Å²) in [4.78, 5) is 2.36. The highest BCUT2D eigenvalue weighted by atomic mass is 16.5. The van der Waals surface area contributed by atoms with Crippen molar-refractivity contribution in [2.45, 2.75) is 38.5 Å². The third-order valence-corrected chi connectivity index (χ3v) is 3.64. The Hall–Kier alpha value is -0.900. The molecule has 1 aromatic carbocycles. The Morgan fingerprint density at radius 2 is 2.11 bits per heavy atom. The largest absolute Gasteiger partial charge is 0.378 e. The number of ether oxygens (including phenoxy) is 1. The number of hydrogen-bond acceptors (Lipinski definition) is 3. The first-order valence-electron chi connectivity index (χ1n) is 6.86. The summed E-state index contributed by atoms with van der Waals surface area (Å²) in [5.41, 5.74) is 8.36. The number of benzene rings is 1. The maximum absolute atomic E-state index is 5.76. The van der Waals surface area contributed by atoms with Gasteiger partial charge in [0.15, 0.2) is 0 Å². The van der Waals surface area contributed by atoms with Crippen LogP contribution in [0.25, 0.3) is 0 Å². The molecule has 1 aliphatic rings. The lowest BCUT2D eigenvalue weighted by Crippen LogP contribution is -2.23. The van der Waals surface area contributed by atoms with Crippen LogP contribution in [0.1, 0.15) is 30.4 Å². The maximum atomic E-state index is 5.76. The molecule has 1 saturated heterocycles. The second-order valence-corrected chi connectivity index (χ2v) is 5.13. The highest BCUT2D eigenvalue weighted by molar-refractivity contribution is 5.26. The molecule has 0 aliphatic carbocycles. The summed E-state index contributed by atoms with van der Waals surface area (Å²) in [7, 11) is 2.17. The van der Waals surface area contributed by atoms with E-state index in [4.69, 9.17) is 10.5 Å². The zero-order valence-electron chi connectivity index (χ0n) is 11.3. The molecule has 1 aliphatic heterocycles. The molecule has 0 spiro atoms. The Kier molecular flexibility index (Phi) is 5.17. The van der Waals surface area contributed by atoms with E-state index in [1.807, 2.05) is 0 Å². The number of nitrogens with zero attached hydrogens (tertiary/aromatic N) is 1. The van der Waals surface area contributed by atoms with Crippen molar-refractivity contribution in [3.05, 3.63) is 35.4 Å². The van der Waals surface area contributed by atoms with Crippen LogP contribution in [0, 0.1) is 0 Å². The predicted octanol–water partition coefficient (Wildman–Crippen LogP) is 2.15. The molecule has 2 N–H and O–H groups in total. The second kappa shape index (κ2) is 6.88. The van der Waals surface area contributed by atoms with Crippen molar-refractivity contribution < 1.29 is 4.74 Å². The third-order valence-electron chi connectivity index (χ3n) is 3.64. The van der Waals surface area contributed by atoms with E-state index in [0.717, 1.165) is 26.1 Å². The average Bonchev–Trinajstić information content (AvgIpc) is 2.90. The van der Waals surface area contributed by atoms with E-state index in [2.05, 4.69) is 36.2 Å². The van der Waals surface area contributed by atoms with Crippen LogP contribution in [0.3, 0.4) is 0 Å². The minimum absolute atomic E-state index is 0.484. The normalized spacial score (nSPS) is 19.6. The van der Waals surface area contributed by atoms with E-state index < -0.39 is 0 Å². The standard InChI is InChI=1S/C15H24N2O/c1-17(9-8-15-7-4-10-18-15)12-14-6-3-2-5-13(14)11-16/h2-3,5-6,15H,4,7-12,16H2,1H3. The summed E-state index contributed by atoms with van der Waals surface area (Å²) in [6, 6.07) is 8.43. The fraction of sp³-hybridized carbons (Fsp3) is 0.600. The molecule has 1 atom stereocenters. The van der Waals surface area contributed by atoms with Crippen molar-refractivity contribution in [3.63, 3.8) is 0 Å². The number of rotatable bonds is 6. The summed E-state index contributed by atoms with van der Waals surface area (Å²) >= 11 is 0. The molecular weight excluding hydrogens is 224 g/mol. The molecule has 0 amide bonds. The SMILES string of the molecule is CN(CCC1CCCO1)Cc1ccccc1CN. The highest BCUT2D eigenvalue weighted by Gasteiger charge is 2.15. The van der Waals surface area contributed by atoms with Gasteiger partial charge in [-0.2, -0.15) is 0 Å². The van der Waals surface area contributed by atoms with E-state index in [9.17, 15) is 0 Å². The van der Waals surface area contributed by atoms with Crippen LogP contribution < -0.4 is 5.73 Å². The van der Waals surface area contributed by atoms with E-state index in [1.165, 1.54) is 24.0 Å². The smallest absolute Gasteiger partial charge is 0.0588 e. The molecule has 1 fully saturated rings. The molecule has 0 aromatic heterocycles. The lowest BCUT2D eigenvalue weighted by molar-refractivity contribution is 0.0943. The summed E-state index contributed by atoms with van der Waals surface area (Å²) in [6.07, 6.45) is 4.08. The molecule has 18 heavy (non-hydrogen) atoms. The van der Waals surface area contributed by atoms with Gasteiger partial charge in [0.2, 0.25) is 0 Å². The summed E-state index contributed by atoms with van der Waals surface area (Å²) in [5.74, 6) is 0. The molecule has 1 aromatic rings. The van der Waals surface area contributed by atoms with Crippen LogP contribution in [0.15, 0.2) is 24.3 Å². The molecule has 0 bridgehead atoms. The Balaban J connectivity index is 1.80. The first kappa shape index (κ1) is 13.5. The van der Waals surface area contributed by atoms with Crippen molar-refractivity contribution in [1.82, 2.24) is 4.90 Å². The minimum Gasteiger partial charge on any atom is -0.378 e. The van der Waals surface area contributed by atoms with Crippen LogP contribution in [0.5, 0.6) is 0 Å². The van der Waals surface area contributed by atoms with E-state index >= 15 is 0 Å². The maximum Gasteiger partial charge on any atom is 0.0588 e. The van der Waals surface area contributed by atoms with Gasteiger partial charge in [-0.3, -0.25) is 0 Å². The van der Waals surface area contributed by atoms with Gasteiger partial charge in [0.05, 0.1) is 6.10 Å². The predicted molar refractivity (Wildman–Crippen MR) is 74.3 cm³/mol. The van der Waals surface area contributed by atoms with Crippen LogP contribution in [0.2, 0.25) is 0 Å². The second-order valence-electron chi connectivity index (χ2n) is 5.13. The minimum atomic E-state index is 0.484. The third kappa shape index (κ3) is 3.80. The van der Waals surface area contributed by atoms with E-state index in [-0.39, 0.29) is 0 Å². The first-order valence-corrected chi connectivity index (χ1v) is 6.86. The molecule has 0 radical (unpaired) electrons. The molecule has 0 saturated carbocycles. The average molecular weight is 248 g/mol. The monoisotopic (exact) mass is 248 g/mol. The van der Waals surface area contributed by atoms with Crippen LogP contribution >= 0.6 is 0 Å². The van der Waals surface area contributed by atoms with Gasteiger partial charge in [-0.1, -0.05) is 24.3 Å². The van der Waals surface area contributed by atoms with Crippen molar-refractivity contribution in [2.75, 3.05) is 20.2 Å².